The van der Waals surface area contributed by atoms with E-state index in [4.69, 9.17) is 4.74 Å². The zero-order chi connectivity index (χ0) is 13.4. The molecule has 1 saturated carbocycles. The molecule has 3 nitrogen and oxygen atoms in total. The number of esters is 1. The Labute approximate surface area is 110 Å². The summed E-state index contributed by atoms with van der Waals surface area (Å²) >= 11 is 0. The van der Waals surface area contributed by atoms with Gasteiger partial charge in [0.15, 0.2) is 0 Å². The van der Waals surface area contributed by atoms with Crippen molar-refractivity contribution in [3.8, 4) is 0 Å². The van der Waals surface area contributed by atoms with Gasteiger partial charge < -0.3 is 4.74 Å². The Morgan fingerprint density at radius 3 is 2.44 bits per heavy atom. The monoisotopic (exact) mass is 254 g/mol. The lowest BCUT2D eigenvalue weighted by Gasteiger charge is -2.22. The van der Waals surface area contributed by atoms with Crippen molar-refractivity contribution in [2.75, 3.05) is 6.61 Å². The van der Waals surface area contributed by atoms with Crippen LogP contribution in [-0.4, -0.2) is 18.4 Å². The summed E-state index contributed by atoms with van der Waals surface area (Å²) in [5.41, 5.74) is 0. The molecule has 18 heavy (non-hydrogen) atoms. The molecule has 1 unspecified atom stereocenters. The van der Waals surface area contributed by atoms with Crippen LogP contribution in [0, 0.1) is 11.8 Å². The Kier molecular flexibility index (Phi) is 6.99. The first-order chi connectivity index (χ1) is 8.65. The van der Waals surface area contributed by atoms with E-state index in [-0.39, 0.29) is 11.8 Å². The third kappa shape index (κ3) is 5.19. The van der Waals surface area contributed by atoms with Crippen LogP contribution in [0.1, 0.15) is 65.2 Å². The first-order valence-corrected chi connectivity index (χ1v) is 7.32. The van der Waals surface area contributed by atoms with Crippen molar-refractivity contribution >= 4 is 11.8 Å². The van der Waals surface area contributed by atoms with Gasteiger partial charge in [-0.1, -0.05) is 44.9 Å². The molecule has 0 amide bonds. The number of carbonyl (C=O) groups excluding carboxylic acids is 2. The lowest BCUT2D eigenvalue weighted by molar-refractivity contribution is -0.151. The van der Waals surface area contributed by atoms with Crippen molar-refractivity contribution in [3.05, 3.63) is 0 Å². The number of rotatable bonds is 7. The van der Waals surface area contributed by atoms with Gasteiger partial charge in [-0.2, -0.15) is 0 Å². The molecule has 1 atom stereocenters. The van der Waals surface area contributed by atoms with Crippen LogP contribution in [-0.2, 0) is 14.3 Å². The molecule has 104 valence electrons. The molecule has 0 saturated heterocycles. The number of ether oxygens (including phenoxy) is 1. The minimum atomic E-state index is -0.534. The van der Waals surface area contributed by atoms with Gasteiger partial charge >= 0.3 is 5.97 Å². The van der Waals surface area contributed by atoms with E-state index in [0.717, 1.165) is 18.8 Å². The molecule has 0 bridgehead atoms. The summed E-state index contributed by atoms with van der Waals surface area (Å²) in [6.07, 6.45) is 9.49. The average molecular weight is 254 g/mol. The van der Waals surface area contributed by atoms with Crippen molar-refractivity contribution in [3.63, 3.8) is 0 Å². The molecule has 0 spiro atoms. The van der Waals surface area contributed by atoms with Crippen LogP contribution in [0.3, 0.4) is 0 Å². The van der Waals surface area contributed by atoms with Gasteiger partial charge in [-0.15, -0.1) is 0 Å². The van der Waals surface area contributed by atoms with Crippen LogP contribution in [0.25, 0.3) is 0 Å². The molecule has 1 fully saturated rings. The molecule has 0 aromatic rings. The Morgan fingerprint density at radius 2 is 1.89 bits per heavy atom. The largest absolute Gasteiger partial charge is 0.465 e. The number of hydrogen-bond acceptors (Lipinski definition) is 3. The molecule has 3 heteroatoms. The summed E-state index contributed by atoms with van der Waals surface area (Å²) in [5, 5.41) is 0. The van der Waals surface area contributed by atoms with Crippen LogP contribution in [0.2, 0.25) is 0 Å². The first kappa shape index (κ1) is 15.2. The van der Waals surface area contributed by atoms with Gasteiger partial charge in [0.25, 0.3) is 0 Å². The van der Waals surface area contributed by atoms with Crippen LogP contribution in [0.15, 0.2) is 0 Å². The second-order valence-corrected chi connectivity index (χ2v) is 5.35. The van der Waals surface area contributed by atoms with Gasteiger partial charge in [0, 0.05) is 0 Å². The van der Waals surface area contributed by atoms with E-state index < -0.39 is 5.92 Å². The lowest BCUT2D eigenvalue weighted by Crippen LogP contribution is -2.24. The van der Waals surface area contributed by atoms with E-state index >= 15 is 0 Å². The van der Waals surface area contributed by atoms with Crippen molar-refractivity contribution in [1.82, 2.24) is 0 Å². The van der Waals surface area contributed by atoms with Crippen LogP contribution >= 0.6 is 0 Å². The van der Waals surface area contributed by atoms with Crippen LogP contribution in [0.4, 0.5) is 0 Å². The number of hydrogen-bond donors (Lipinski definition) is 0. The molecular weight excluding hydrogens is 228 g/mol. The molecule has 1 aliphatic rings. The van der Waals surface area contributed by atoms with Crippen molar-refractivity contribution in [2.24, 2.45) is 11.8 Å². The van der Waals surface area contributed by atoms with Gasteiger partial charge in [0.1, 0.15) is 11.7 Å². The number of carbonyl (C=O) groups is 2. The van der Waals surface area contributed by atoms with Gasteiger partial charge in [-0.25, -0.2) is 0 Å². The number of Topliss-reactive ketones (excluding diaryl/α,β-unsaturated/α-hetero) is 1. The van der Waals surface area contributed by atoms with E-state index in [1.54, 1.807) is 6.92 Å². The Morgan fingerprint density at radius 1 is 1.22 bits per heavy atom. The minimum Gasteiger partial charge on any atom is -0.465 e. The molecule has 1 aliphatic carbocycles. The second-order valence-electron chi connectivity index (χ2n) is 5.35. The standard InChI is InChI=1S/C15H26O3/c1-3-18-15(17)14(12(2)16)11-7-10-13-8-5-4-6-9-13/h13-14H,3-11H2,1-2H3. The Bertz CT molecular complexity index is 267. The van der Waals surface area contributed by atoms with E-state index in [1.807, 2.05) is 0 Å². The van der Waals surface area contributed by atoms with Gasteiger partial charge in [-0.3, -0.25) is 9.59 Å². The molecule has 0 aliphatic heterocycles. The summed E-state index contributed by atoms with van der Waals surface area (Å²) < 4.78 is 4.95. The zero-order valence-electron chi connectivity index (χ0n) is 11.7. The molecule has 0 aromatic carbocycles. The minimum absolute atomic E-state index is 0.0582. The van der Waals surface area contributed by atoms with Crippen molar-refractivity contribution < 1.29 is 14.3 Å². The predicted octanol–water partition coefficient (Wildman–Crippen LogP) is 3.51. The third-order valence-corrected chi connectivity index (χ3v) is 3.89. The predicted molar refractivity (Wildman–Crippen MR) is 71.2 cm³/mol. The SMILES string of the molecule is CCOC(=O)C(CCCC1CCCCC1)C(C)=O. The van der Waals surface area contributed by atoms with E-state index in [2.05, 4.69) is 0 Å². The van der Waals surface area contributed by atoms with Crippen LogP contribution < -0.4 is 0 Å². The van der Waals surface area contributed by atoms with Crippen molar-refractivity contribution in [1.29, 1.82) is 0 Å². The molecule has 0 heterocycles. The fourth-order valence-electron chi connectivity index (χ4n) is 2.82. The molecule has 1 rings (SSSR count). The fraction of sp³-hybridized carbons (Fsp3) is 0.867. The highest BCUT2D eigenvalue weighted by molar-refractivity contribution is 5.97. The molecule has 0 N–H and O–H groups in total. The van der Waals surface area contributed by atoms with Gasteiger partial charge in [0.05, 0.1) is 6.61 Å². The Hall–Kier alpha value is -0.860. The quantitative estimate of drug-likeness (QED) is 0.516. The topological polar surface area (TPSA) is 43.4 Å². The van der Waals surface area contributed by atoms with E-state index in [1.165, 1.54) is 39.0 Å². The zero-order valence-corrected chi connectivity index (χ0v) is 11.7. The second kappa shape index (κ2) is 8.28. The third-order valence-electron chi connectivity index (χ3n) is 3.89. The summed E-state index contributed by atoms with van der Waals surface area (Å²) in [4.78, 5) is 23.1. The molecule has 0 radical (unpaired) electrons. The van der Waals surface area contributed by atoms with E-state index in [0.29, 0.717) is 13.0 Å². The van der Waals surface area contributed by atoms with Crippen LogP contribution in [0.5, 0.6) is 0 Å². The van der Waals surface area contributed by atoms with Crippen molar-refractivity contribution in [2.45, 2.75) is 65.2 Å². The van der Waals surface area contributed by atoms with Gasteiger partial charge in [0.2, 0.25) is 0 Å². The molecule has 0 aromatic heterocycles. The summed E-state index contributed by atoms with van der Waals surface area (Å²) in [6.45, 7) is 3.62. The smallest absolute Gasteiger partial charge is 0.316 e. The maximum Gasteiger partial charge on any atom is 0.316 e. The number of ketones is 1. The highest BCUT2D eigenvalue weighted by Gasteiger charge is 2.24. The lowest BCUT2D eigenvalue weighted by atomic mass is 9.84. The normalized spacial score (nSPS) is 18.3. The maximum absolute atomic E-state index is 11.6. The highest BCUT2D eigenvalue weighted by Crippen LogP contribution is 2.28. The first-order valence-electron chi connectivity index (χ1n) is 7.32. The van der Waals surface area contributed by atoms with Gasteiger partial charge in [-0.05, 0) is 26.2 Å². The Balaban J connectivity index is 2.28. The summed E-state index contributed by atoms with van der Waals surface area (Å²) in [6, 6.07) is 0. The maximum atomic E-state index is 11.6. The summed E-state index contributed by atoms with van der Waals surface area (Å²) in [5.74, 6) is -0.118. The highest BCUT2D eigenvalue weighted by atomic mass is 16.5. The fourth-order valence-corrected chi connectivity index (χ4v) is 2.82. The van der Waals surface area contributed by atoms with E-state index in [9.17, 15) is 9.59 Å². The average Bonchev–Trinajstić information content (AvgIpc) is 2.35. The molecular formula is C15H26O3. The summed E-state index contributed by atoms with van der Waals surface area (Å²) in [7, 11) is 0.